The molecule has 0 saturated heterocycles. The fourth-order valence-electron chi connectivity index (χ4n) is 2.09. The molecule has 0 N–H and O–H groups in total. The summed E-state index contributed by atoms with van der Waals surface area (Å²) < 4.78 is 11.3. The van der Waals surface area contributed by atoms with E-state index in [0.717, 1.165) is 6.29 Å². The lowest BCUT2D eigenvalue weighted by Gasteiger charge is -2.19. The zero-order chi connectivity index (χ0) is 17.6. The fraction of sp³-hybridized carbons (Fsp3) is 0.300. The van der Waals surface area contributed by atoms with Gasteiger partial charge in [-0.3, -0.25) is 9.59 Å². The molecule has 0 saturated carbocycles. The molecule has 0 heterocycles. The van der Waals surface area contributed by atoms with Crippen LogP contribution in [-0.4, -0.2) is 24.3 Å². The summed E-state index contributed by atoms with van der Waals surface area (Å²) in [6.07, 6.45) is 1.12. The highest BCUT2D eigenvalue weighted by Crippen LogP contribution is 2.22. The quantitative estimate of drug-likeness (QED) is 0.547. The molecule has 0 aliphatic heterocycles. The molecule has 0 spiro atoms. The zero-order valence-electron chi connectivity index (χ0n) is 14.2. The van der Waals surface area contributed by atoms with Gasteiger partial charge in [0.25, 0.3) is 0 Å². The lowest BCUT2D eigenvalue weighted by atomic mass is 10.1. The molecule has 4 nitrogen and oxygen atoms in total. The Morgan fingerprint density at radius 1 is 1.04 bits per heavy atom. The number of benzene rings is 2. The van der Waals surface area contributed by atoms with Gasteiger partial charge in [-0.1, -0.05) is 12.1 Å². The van der Waals surface area contributed by atoms with E-state index < -0.39 is 0 Å². The molecule has 24 heavy (non-hydrogen) atoms. The summed E-state index contributed by atoms with van der Waals surface area (Å²) in [4.78, 5) is 22.9. The second kappa shape index (κ2) is 7.88. The van der Waals surface area contributed by atoms with E-state index in [-0.39, 0.29) is 11.4 Å². The number of Topliss-reactive ketones (excluding diaryl/α,β-unsaturated/α-hetero) is 1. The van der Waals surface area contributed by atoms with Crippen LogP contribution in [0.2, 0.25) is 0 Å². The van der Waals surface area contributed by atoms with E-state index in [1.165, 1.54) is 0 Å². The Morgan fingerprint density at radius 2 is 1.75 bits per heavy atom. The van der Waals surface area contributed by atoms with Crippen molar-refractivity contribution in [1.82, 2.24) is 0 Å². The SMILES string of the molecule is CC(C)(C)OCCC(=O)c1ccc(Oc2cccc(C=O)c2)cc1. The van der Waals surface area contributed by atoms with Gasteiger partial charge in [-0.15, -0.1) is 0 Å². The Kier molecular flexibility index (Phi) is 5.88. The summed E-state index contributed by atoms with van der Waals surface area (Å²) in [5.41, 5.74) is 0.938. The number of carbonyl (C=O) groups excluding carboxylic acids is 2. The van der Waals surface area contributed by atoms with Crippen LogP contribution in [0.25, 0.3) is 0 Å². The predicted molar refractivity (Wildman–Crippen MR) is 93.0 cm³/mol. The maximum Gasteiger partial charge on any atom is 0.165 e. The standard InChI is InChI=1S/C20H22O4/c1-20(2,3)23-12-11-19(22)16-7-9-17(10-8-16)24-18-6-4-5-15(13-18)14-21/h4-10,13-14H,11-12H2,1-3H3. The first kappa shape index (κ1) is 17.9. The number of aldehydes is 1. The molecule has 2 aromatic rings. The first-order chi connectivity index (χ1) is 11.4. The largest absolute Gasteiger partial charge is 0.457 e. The predicted octanol–water partition coefficient (Wildman–Crippen LogP) is 4.68. The normalized spacial score (nSPS) is 11.1. The third kappa shape index (κ3) is 5.63. The third-order valence-corrected chi connectivity index (χ3v) is 3.27. The van der Waals surface area contributed by atoms with Crippen LogP contribution in [0, 0.1) is 0 Å². The van der Waals surface area contributed by atoms with Crippen LogP contribution in [0.4, 0.5) is 0 Å². The molecule has 0 bridgehead atoms. The van der Waals surface area contributed by atoms with Crippen LogP contribution in [-0.2, 0) is 4.74 Å². The summed E-state index contributed by atoms with van der Waals surface area (Å²) in [6, 6.07) is 13.9. The van der Waals surface area contributed by atoms with Crippen molar-refractivity contribution in [2.24, 2.45) is 0 Å². The number of ketones is 1. The van der Waals surface area contributed by atoms with Gasteiger partial charge < -0.3 is 9.47 Å². The maximum atomic E-state index is 12.1. The number of hydrogen-bond donors (Lipinski definition) is 0. The topological polar surface area (TPSA) is 52.6 Å². The second-order valence-corrected chi connectivity index (χ2v) is 6.45. The lowest BCUT2D eigenvalue weighted by molar-refractivity contribution is -0.00229. The Labute approximate surface area is 142 Å². The number of rotatable bonds is 7. The molecule has 0 atom stereocenters. The number of carbonyl (C=O) groups is 2. The van der Waals surface area contributed by atoms with E-state index in [1.54, 1.807) is 48.5 Å². The van der Waals surface area contributed by atoms with Crippen LogP contribution < -0.4 is 4.74 Å². The number of ether oxygens (including phenoxy) is 2. The summed E-state index contributed by atoms with van der Waals surface area (Å²) in [7, 11) is 0. The Balaban J connectivity index is 1.94. The molecule has 4 heteroatoms. The maximum absolute atomic E-state index is 12.1. The minimum atomic E-state index is -0.242. The van der Waals surface area contributed by atoms with Crippen LogP contribution in [0.5, 0.6) is 11.5 Å². The van der Waals surface area contributed by atoms with E-state index in [2.05, 4.69) is 0 Å². The molecule has 126 valence electrons. The Morgan fingerprint density at radius 3 is 2.38 bits per heavy atom. The van der Waals surface area contributed by atoms with Gasteiger partial charge in [0, 0.05) is 17.5 Å². The van der Waals surface area contributed by atoms with E-state index in [0.29, 0.717) is 35.7 Å². The highest BCUT2D eigenvalue weighted by atomic mass is 16.5. The van der Waals surface area contributed by atoms with Crippen molar-refractivity contribution < 1.29 is 19.1 Å². The van der Waals surface area contributed by atoms with Gasteiger partial charge in [-0.05, 0) is 57.2 Å². The van der Waals surface area contributed by atoms with Crippen LogP contribution in [0.1, 0.15) is 47.9 Å². The average molecular weight is 326 g/mol. The first-order valence-electron chi connectivity index (χ1n) is 7.88. The lowest BCUT2D eigenvalue weighted by Crippen LogP contribution is -2.21. The van der Waals surface area contributed by atoms with Gasteiger partial charge in [0.05, 0.1) is 12.2 Å². The Hall–Kier alpha value is -2.46. The van der Waals surface area contributed by atoms with E-state index in [1.807, 2.05) is 20.8 Å². The van der Waals surface area contributed by atoms with Crippen molar-refractivity contribution in [3.8, 4) is 11.5 Å². The minimum absolute atomic E-state index is 0.0359. The van der Waals surface area contributed by atoms with Crippen LogP contribution >= 0.6 is 0 Å². The highest BCUT2D eigenvalue weighted by Gasteiger charge is 2.12. The minimum Gasteiger partial charge on any atom is -0.457 e. The monoisotopic (exact) mass is 326 g/mol. The molecule has 2 rings (SSSR count). The van der Waals surface area contributed by atoms with Crippen molar-refractivity contribution in [2.75, 3.05) is 6.61 Å². The Bertz CT molecular complexity index is 696. The van der Waals surface area contributed by atoms with E-state index in [9.17, 15) is 9.59 Å². The molecule has 0 unspecified atom stereocenters. The van der Waals surface area contributed by atoms with Gasteiger partial charge in [0.1, 0.15) is 17.8 Å². The van der Waals surface area contributed by atoms with E-state index >= 15 is 0 Å². The third-order valence-electron chi connectivity index (χ3n) is 3.27. The van der Waals surface area contributed by atoms with Crippen molar-refractivity contribution in [2.45, 2.75) is 32.8 Å². The highest BCUT2D eigenvalue weighted by molar-refractivity contribution is 5.96. The fourth-order valence-corrected chi connectivity index (χ4v) is 2.09. The summed E-state index contributed by atoms with van der Waals surface area (Å²) in [5.74, 6) is 1.23. The molecule has 0 fully saturated rings. The summed E-state index contributed by atoms with van der Waals surface area (Å²) >= 11 is 0. The van der Waals surface area contributed by atoms with Gasteiger partial charge in [0.2, 0.25) is 0 Å². The molecule has 2 aromatic carbocycles. The van der Waals surface area contributed by atoms with Crippen molar-refractivity contribution in [3.63, 3.8) is 0 Å². The summed E-state index contributed by atoms with van der Waals surface area (Å²) in [5, 5.41) is 0. The molecule has 0 amide bonds. The zero-order valence-corrected chi connectivity index (χ0v) is 14.2. The second-order valence-electron chi connectivity index (χ2n) is 6.45. The van der Waals surface area contributed by atoms with Gasteiger partial charge >= 0.3 is 0 Å². The van der Waals surface area contributed by atoms with Crippen molar-refractivity contribution >= 4 is 12.1 Å². The molecular formula is C20H22O4. The van der Waals surface area contributed by atoms with Crippen molar-refractivity contribution in [3.05, 3.63) is 59.7 Å². The number of hydrogen-bond acceptors (Lipinski definition) is 4. The van der Waals surface area contributed by atoms with Gasteiger partial charge in [-0.2, -0.15) is 0 Å². The first-order valence-corrected chi connectivity index (χ1v) is 7.88. The molecule has 0 aliphatic carbocycles. The molecule has 0 aromatic heterocycles. The van der Waals surface area contributed by atoms with Crippen LogP contribution in [0.3, 0.4) is 0 Å². The smallest absolute Gasteiger partial charge is 0.165 e. The molecular weight excluding hydrogens is 304 g/mol. The van der Waals surface area contributed by atoms with E-state index in [4.69, 9.17) is 9.47 Å². The molecule has 0 aliphatic rings. The van der Waals surface area contributed by atoms with Gasteiger partial charge in [-0.25, -0.2) is 0 Å². The molecule has 0 radical (unpaired) electrons. The average Bonchev–Trinajstić information content (AvgIpc) is 2.54. The van der Waals surface area contributed by atoms with Crippen molar-refractivity contribution in [1.29, 1.82) is 0 Å². The summed E-state index contributed by atoms with van der Waals surface area (Å²) in [6.45, 7) is 6.29. The van der Waals surface area contributed by atoms with Crippen LogP contribution in [0.15, 0.2) is 48.5 Å². The van der Waals surface area contributed by atoms with Gasteiger partial charge in [0.15, 0.2) is 5.78 Å².